The second-order valence-corrected chi connectivity index (χ2v) is 9.42. The van der Waals surface area contributed by atoms with E-state index in [1.165, 1.54) is 38.5 Å². The van der Waals surface area contributed by atoms with Crippen molar-refractivity contribution < 1.29 is 4.79 Å². The zero-order valence-electron chi connectivity index (χ0n) is 14.7. The zero-order chi connectivity index (χ0) is 17.7. The molecule has 0 unspecified atom stereocenters. The van der Waals surface area contributed by atoms with E-state index in [4.69, 9.17) is 4.98 Å². The number of aromatic nitrogens is 1. The van der Waals surface area contributed by atoms with Crippen LogP contribution in [0.2, 0.25) is 0 Å². The second-order valence-electron chi connectivity index (χ2n) is 8.56. The first-order valence-corrected chi connectivity index (χ1v) is 10.4. The number of rotatable bonds is 3. The number of hydrogen-bond acceptors (Lipinski definition) is 2. The maximum absolute atomic E-state index is 12.8. The maximum atomic E-state index is 12.8. The molecule has 4 aliphatic carbocycles. The van der Waals surface area contributed by atoms with Crippen molar-refractivity contribution in [2.24, 2.45) is 17.8 Å². The summed E-state index contributed by atoms with van der Waals surface area (Å²) < 4.78 is 0.892. The number of nitrogens with one attached hydrogen (secondary N) is 1. The first-order valence-electron chi connectivity index (χ1n) is 9.64. The first-order chi connectivity index (χ1) is 12.6. The maximum Gasteiger partial charge on any atom is 0.255 e. The van der Waals surface area contributed by atoms with Crippen LogP contribution >= 0.6 is 15.9 Å². The van der Waals surface area contributed by atoms with E-state index < -0.39 is 0 Å². The van der Waals surface area contributed by atoms with Gasteiger partial charge in [-0.05, 0) is 96.5 Å². The smallest absolute Gasteiger partial charge is 0.255 e. The van der Waals surface area contributed by atoms with Crippen LogP contribution in [0, 0.1) is 17.8 Å². The van der Waals surface area contributed by atoms with Gasteiger partial charge in [-0.15, -0.1) is 0 Å². The Labute approximate surface area is 162 Å². The van der Waals surface area contributed by atoms with Crippen molar-refractivity contribution >= 4 is 27.5 Å². The number of amides is 1. The van der Waals surface area contributed by atoms with Gasteiger partial charge in [0.1, 0.15) is 0 Å². The normalized spacial score (nSPS) is 31.8. The van der Waals surface area contributed by atoms with Gasteiger partial charge in [0, 0.05) is 27.3 Å². The van der Waals surface area contributed by atoms with Crippen molar-refractivity contribution in [2.75, 3.05) is 5.32 Å². The number of halogens is 1. The third kappa shape index (κ3) is 2.79. The van der Waals surface area contributed by atoms with Gasteiger partial charge in [0.2, 0.25) is 0 Å². The number of pyridine rings is 1. The van der Waals surface area contributed by atoms with Crippen molar-refractivity contribution in [1.82, 2.24) is 4.98 Å². The lowest BCUT2D eigenvalue weighted by Crippen LogP contribution is -2.49. The molecule has 4 aliphatic rings. The average Bonchev–Trinajstić information content (AvgIpc) is 2.63. The number of para-hydroxylation sites is 1. The molecule has 1 aromatic heterocycles. The fourth-order valence-corrected chi connectivity index (χ4v) is 6.43. The molecule has 6 rings (SSSR count). The predicted molar refractivity (Wildman–Crippen MR) is 106 cm³/mol. The molecule has 2 aromatic rings. The summed E-state index contributed by atoms with van der Waals surface area (Å²) in [5.41, 5.74) is 2.88. The van der Waals surface area contributed by atoms with E-state index in [-0.39, 0.29) is 11.3 Å². The quantitative estimate of drug-likeness (QED) is 0.718. The summed E-state index contributed by atoms with van der Waals surface area (Å²) in [6.07, 6.45) is 9.87. The molecular formula is C22H23BrN2O. The molecule has 4 fully saturated rings. The zero-order valence-corrected chi connectivity index (χ0v) is 16.3. The van der Waals surface area contributed by atoms with E-state index in [1.807, 2.05) is 36.5 Å². The van der Waals surface area contributed by atoms with E-state index in [9.17, 15) is 4.79 Å². The van der Waals surface area contributed by atoms with Crippen molar-refractivity contribution in [1.29, 1.82) is 0 Å². The summed E-state index contributed by atoms with van der Waals surface area (Å²) in [6.45, 7) is 0. The van der Waals surface area contributed by atoms with E-state index >= 15 is 0 Å². The average molecular weight is 411 g/mol. The van der Waals surface area contributed by atoms with Crippen LogP contribution in [0.4, 0.5) is 5.69 Å². The minimum absolute atomic E-state index is 0.0646. The molecule has 4 saturated carbocycles. The fraction of sp³-hybridized carbons (Fsp3) is 0.455. The molecule has 0 saturated heterocycles. The van der Waals surface area contributed by atoms with E-state index in [0.29, 0.717) is 5.56 Å². The number of anilines is 1. The van der Waals surface area contributed by atoms with Gasteiger partial charge >= 0.3 is 0 Å². The Morgan fingerprint density at radius 2 is 1.69 bits per heavy atom. The molecule has 134 valence electrons. The Morgan fingerprint density at radius 1 is 1.04 bits per heavy atom. The molecule has 0 spiro atoms. The van der Waals surface area contributed by atoms with Crippen LogP contribution in [-0.2, 0) is 5.41 Å². The van der Waals surface area contributed by atoms with Crippen molar-refractivity contribution in [3.05, 3.63) is 58.3 Å². The van der Waals surface area contributed by atoms with Crippen molar-refractivity contribution in [3.8, 4) is 0 Å². The Balaban J connectivity index is 1.43. The van der Waals surface area contributed by atoms with Gasteiger partial charge in [0.15, 0.2) is 0 Å². The predicted octanol–water partition coefficient (Wildman–Crippen LogP) is 5.56. The van der Waals surface area contributed by atoms with Crippen LogP contribution in [0.15, 0.2) is 47.1 Å². The number of carbonyl (C=O) groups is 1. The third-order valence-electron chi connectivity index (χ3n) is 6.73. The summed E-state index contributed by atoms with van der Waals surface area (Å²) in [7, 11) is 0. The lowest BCUT2D eigenvalue weighted by atomic mass is 9.48. The highest BCUT2D eigenvalue weighted by molar-refractivity contribution is 9.10. The van der Waals surface area contributed by atoms with Gasteiger partial charge in [-0.1, -0.05) is 12.1 Å². The van der Waals surface area contributed by atoms with Crippen molar-refractivity contribution in [3.63, 3.8) is 0 Å². The largest absolute Gasteiger partial charge is 0.321 e. The van der Waals surface area contributed by atoms with E-state index in [2.05, 4.69) is 27.3 Å². The first kappa shape index (κ1) is 16.5. The highest BCUT2D eigenvalue weighted by Gasteiger charge is 2.52. The van der Waals surface area contributed by atoms with Crippen LogP contribution in [0.5, 0.6) is 0 Å². The van der Waals surface area contributed by atoms with Crippen LogP contribution in [0.1, 0.15) is 54.6 Å². The Morgan fingerprint density at radius 3 is 2.35 bits per heavy atom. The monoisotopic (exact) mass is 410 g/mol. The SMILES string of the molecule is O=C(Nc1ccccc1Br)c1ccnc(C23CC4CC(CC(C4)C2)C3)c1. The van der Waals surface area contributed by atoms with Gasteiger partial charge < -0.3 is 5.32 Å². The fourth-order valence-electron chi connectivity index (χ4n) is 6.04. The van der Waals surface area contributed by atoms with Crippen LogP contribution < -0.4 is 5.32 Å². The Kier molecular flexibility index (Phi) is 3.93. The van der Waals surface area contributed by atoms with Crippen LogP contribution in [-0.4, -0.2) is 10.9 Å². The number of benzene rings is 1. The van der Waals surface area contributed by atoms with Crippen LogP contribution in [0.25, 0.3) is 0 Å². The van der Waals surface area contributed by atoms with Gasteiger partial charge in [-0.25, -0.2) is 0 Å². The van der Waals surface area contributed by atoms with Gasteiger partial charge in [0.25, 0.3) is 5.91 Å². The molecule has 3 nitrogen and oxygen atoms in total. The Hall–Kier alpha value is -1.68. The Bertz CT molecular complexity index is 827. The molecule has 1 amide bonds. The molecule has 26 heavy (non-hydrogen) atoms. The summed E-state index contributed by atoms with van der Waals surface area (Å²) >= 11 is 3.49. The molecule has 1 aromatic carbocycles. The third-order valence-corrected chi connectivity index (χ3v) is 7.42. The lowest BCUT2D eigenvalue weighted by molar-refractivity contribution is -0.00721. The van der Waals surface area contributed by atoms with E-state index in [0.717, 1.165) is 33.6 Å². The summed E-state index contributed by atoms with van der Waals surface area (Å²) in [6, 6.07) is 11.6. The summed E-state index contributed by atoms with van der Waals surface area (Å²) in [5, 5.41) is 3.01. The van der Waals surface area contributed by atoms with Gasteiger partial charge in [-0.2, -0.15) is 0 Å². The molecule has 1 N–H and O–H groups in total. The number of carbonyl (C=O) groups excluding carboxylic acids is 1. The number of hydrogen-bond donors (Lipinski definition) is 1. The lowest BCUT2D eigenvalue weighted by Gasteiger charge is -2.56. The highest BCUT2D eigenvalue weighted by atomic mass is 79.9. The van der Waals surface area contributed by atoms with Crippen molar-refractivity contribution in [2.45, 2.75) is 43.9 Å². The van der Waals surface area contributed by atoms with Gasteiger partial charge in [-0.3, -0.25) is 9.78 Å². The molecule has 0 atom stereocenters. The molecule has 4 heteroatoms. The molecular weight excluding hydrogens is 388 g/mol. The minimum Gasteiger partial charge on any atom is -0.321 e. The van der Waals surface area contributed by atoms with Crippen LogP contribution in [0.3, 0.4) is 0 Å². The second kappa shape index (κ2) is 6.19. The summed E-state index contributed by atoms with van der Waals surface area (Å²) in [4.78, 5) is 17.5. The topological polar surface area (TPSA) is 42.0 Å². The molecule has 0 radical (unpaired) electrons. The number of nitrogens with zero attached hydrogens (tertiary/aromatic N) is 1. The minimum atomic E-state index is -0.0646. The molecule has 1 heterocycles. The molecule has 0 aliphatic heterocycles. The standard InChI is InChI=1S/C22H23BrN2O/c23-18-3-1-2-4-19(18)25-21(26)17-5-6-24-20(10-17)22-11-14-7-15(12-22)9-16(8-14)13-22/h1-6,10,14-16H,7-9,11-13H2,(H,25,26). The molecule has 4 bridgehead atoms. The van der Waals surface area contributed by atoms with Gasteiger partial charge in [0.05, 0.1) is 5.69 Å². The highest BCUT2D eigenvalue weighted by Crippen LogP contribution is 2.60. The van der Waals surface area contributed by atoms with E-state index in [1.54, 1.807) is 0 Å². The summed E-state index contributed by atoms with van der Waals surface area (Å²) in [5.74, 6) is 2.56.